The topological polar surface area (TPSA) is 21.7 Å². The lowest BCUT2D eigenvalue weighted by Gasteiger charge is -2.39. The molecule has 18 rings (SSSR count). The summed E-state index contributed by atoms with van der Waals surface area (Å²) >= 11 is 0. The molecule has 2 heterocycles. The molecule has 84 heavy (non-hydrogen) atoms. The van der Waals surface area contributed by atoms with Crippen LogP contribution < -0.4 is 14.4 Å². The highest BCUT2D eigenvalue weighted by atomic mass is 16.5. The summed E-state index contributed by atoms with van der Waals surface area (Å²) < 4.78 is 13.5. The first-order valence-electron chi connectivity index (χ1n) is 29.1. The predicted molar refractivity (Wildman–Crippen MR) is 339 cm³/mol. The van der Waals surface area contributed by atoms with Gasteiger partial charge in [-0.1, -0.05) is 255 Å². The van der Waals surface area contributed by atoms with E-state index < -0.39 is 16.2 Å². The van der Waals surface area contributed by atoms with Crippen LogP contribution in [0.15, 0.2) is 309 Å². The van der Waals surface area contributed by atoms with Crippen molar-refractivity contribution in [3.8, 4) is 67.5 Å². The van der Waals surface area contributed by atoms with E-state index in [4.69, 9.17) is 9.47 Å². The van der Waals surface area contributed by atoms with Gasteiger partial charge in [0.15, 0.2) is 0 Å². The summed E-state index contributed by atoms with van der Waals surface area (Å²) in [6, 6.07) is 114. The van der Waals surface area contributed by atoms with Crippen LogP contribution in [0.3, 0.4) is 0 Å². The lowest BCUT2D eigenvalue weighted by molar-refractivity contribution is 0.436. The quantitative estimate of drug-likeness (QED) is 0.166. The molecule has 3 heteroatoms. The van der Waals surface area contributed by atoms with E-state index in [2.05, 4.69) is 314 Å². The van der Waals surface area contributed by atoms with Gasteiger partial charge in [0.25, 0.3) is 0 Å². The maximum Gasteiger partial charge on any atom is 0.132 e. The normalized spacial score (nSPS) is 14.7. The summed E-state index contributed by atoms with van der Waals surface area (Å²) in [6.07, 6.45) is 0. The number of ether oxygens (including phenoxy) is 2. The number of hydrogen-bond acceptors (Lipinski definition) is 3. The highest BCUT2D eigenvalue weighted by Gasteiger charge is 2.54. The van der Waals surface area contributed by atoms with Crippen LogP contribution in [-0.2, 0) is 16.2 Å². The second-order valence-electron chi connectivity index (χ2n) is 22.8. The Morgan fingerprint density at radius 1 is 0.226 bits per heavy atom. The van der Waals surface area contributed by atoms with E-state index in [9.17, 15) is 0 Å². The van der Waals surface area contributed by atoms with E-state index in [0.29, 0.717) is 0 Å². The van der Waals surface area contributed by atoms with E-state index in [0.717, 1.165) is 67.9 Å². The molecule has 2 spiro atoms. The SMILES string of the molecule is c1ccc(C2(c3ccccc3)c3ccccc3-c3ccc(N(c4ccc(-c5cccc6c5-c5ccccc5C65c6ccccc6Oc6ccccc65)cc4)c4cccc5c4-c4ccccc4C54c5ccccc5Oc5ccccc54)cc32)cc1. The number of anilines is 3. The molecule has 3 nitrogen and oxygen atoms in total. The molecule has 0 aromatic heterocycles. The van der Waals surface area contributed by atoms with Gasteiger partial charge in [-0.25, -0.2) is 0 Å². The molecule has 0 N–H and O–H groups in total. The first-order chi connectivity index (χ1) is 41.7. The van der Waals surface area contributed by atoms with Crippen molar-refractivity contribution in [3.05, 3.63) is 376 Å². The molecule has 3 aliphatic carbocycles. The highest BCUT2D eigenvalue weighted by Crippen LogP contribution is 2.66. The van der Waals surface area contributed by atoms with E-state index in [1.807, 2.05) is 0 Å². The van der Waals surface area contributed by atoms with Crippen molar-refractivity contribution in [2.45, 2.75) is 16.2 Å². The van der Waals surface area contributed by atoms with Gasteiger partial charge in [0.05, 0.1) is 21.9 Å². The molecular weight excluding hydrogens is 1020 g/mol. The van der Waals surface area contributed by atoms with Crippen LogP contribution in [-0.4, -0.2) is 0 Å². The predicted octanol–water partition coefficient (Wildman–Crippen LogP) is 20.1. The van der Waals surface area contributed by atoms with Crippen LogP contribution in [0.5, 0.6) is 23.0 Å². The fourth-order valence-corrected chi connectivity index (χ4v) is 16.0. The second-order valence-corrected chi connectivity index (χ2v) is 22.8. The number of para-hydroxylation sites is 4. The smallest absolute Gasteiger partial charge is 0.132 e. The Labute approximate surface area is 488 Å². The first kappa shape index (κ1) is 47.0. The molecule has 2 aliphatic heterocycles. The van der Waals surface area contributed by atoms with Gasteiger partial charge in [-0.3, -0.25) is 0 Å². The van der Waals surface area contributed by atoms with Crippen LogP contribution in [0.2, 0.25) is 0 Å². The van der Waals surface area contributed by atoms with E-state index in [-0.39, 0.29) is 0 Å². The van der Waals surface area contributed by atoms with Crippen molar-refractivity contribution in [1.82, 2.24) is 0 Å². The third-order valence-corrected chi connectivity index (χ3v) is 19.1. The molecule has 0 fully saturated rings. The van der Waals surface area contributed by atoms with Crippen molar-refractivity contribution in [2.24, 2.45) is 0 Å². The third-order valence-electron chi connectivity index (χ3n) is 19.1. The van der Waals surface area contributed by atoms with Crippen LogP contribution in [0.4, 0.5) is 17.1 Å². The van der Waals surface area contributed by atoms with Crippen molar-refractivity contribution in [3.63, 3.8) is 0 Å². The average Bonchev–Trinajstić information content (AvgIpc) is 1.56. The Hall–Kier alpha value is -10.7. The molecule has 0 amide bonds. The minimum atomic E-state index is -0.648. The van der Waals surface area contributed by atoms with Crippen molar-refractivity contribution < 1.29 is 9.47 Å². The lowest BCUT2D eigenvalue weighted by Crippen LogP contribution is -2.32. The second kappa shape index (κ2) is 17.6. The van der Waals surface area contributed by atoms with Gasteiger partial charge < -0.3 is 14.4 Å². The van der Waals surface area contributed by atoms with Gasteiger partial charge in [0.2, 0.25) is 0 Å². The van der Waals surface area contributed by atoms with Crippen molar-refractivity contribution in [2.75, 3.05) is 4.90 Å². The molecule has 0 unspecified atom stereocenters. The Morgan fingerprint density at radius 3 is 1.12 bits per heavy atom. The summed E-state index contributed by atoms with van der Waals surface area (Å²) in [5.74, 6) is 3.53. The number of fused-ring (bicyclic) bond motifs is 21. The van der Waals surface area contributed by atoms with Crippen molar-refractivity contribution in [1.29, 1.82) is 0 Å². The third kappa shape index (κ3) is 6.04. The summed E-state index contributed by atoms with van der Waals surface area (Å²) in [7, 11) is 0. The van der Waals surface area contributed by atoms with Gasteiger partial charge in [-0.05, 0) is 138 Å². The summed E-state index contributed by atoms with van der Waals surface area (Å²) in [6.45, 7) is 0. The molecule has 13 aromatic rings. The van der Waals surface area contributed by atoms with Gasteiger partial charge in [0, 0.05) is 39.2 Å². The molecule has 0 radical (unpaired) electrons. The molecule has 0 saturated carbocycles. The van der Waals surface area contributed by atoms with E-state index >= 15 is 0 Å². The maximum atomic E-state index is 6.82. The molecule has 0 saturated heterocycles. The van der Waals surface area contributed by atoms with Gasteiger partial charge in [-0.2, -0.15) is 0 Å². The minimum Gasteiger partial charge on any atom is -0.457 e. The van der Waals surface area contributed by atoms with E-state index in [1.165, 1.54) is 83.5 Å². The van der Waals surface area contributed by atoms with Crippen LogP contribution >= 0.6 is 0 Å². The monoisotopic (exact) mass is 1070 g/mol. The Kier molecular flexibility index (Phi) is 9.86. The number of nitrogens with zero attached hydrogens (tertiary/aromatic N) is 1. The fourth-order valence-electron chi connectivity index (χ4n) is 16.0. The van der Waals surface area contributed by atoms with Crippen LogP contribution in [0.25, 0.3) is 44.5 Å². The minimum absolute atomic E-state index is 0.571. The standard InChI is InChI=1S/C81H51NO2/c1-3-23-53(24-4-1)79(54-25-5-2-6-26-54)62-31-10-7-27-58(62)59-50-49-56(51-71(59)79)82(72-40-22-39-70-78(72)61-29-9-12-33-64(61)81(70)67-36-15-19-43-75(67)84-76-44-20-16-37-68(76)81)55-47-45-52(46-48-55)57-30-21-38-69-77(57)60-28-8-11-32-63(60)80(69)65-34-13-17-41-73(65)83-74-42-18-14-35-66(74)80/h1-51H. The largest absolute Gasteiger partial charge is 0.457 e. The number of hydrogen-bond donors (Lipinski definition) is 0. The highest BCUT2D eigenvalue weighted by molar-refractivity contribution is 6.01. The molecule has 0 bridgehead atoms. The zero-order valence-corrected chi connectivity index (χ0v) is 45.7. The Balaban J connectivity index is 0.886. The average molecular weight is 1070 g/mol. The van der Waals surface area contributed by atoms with Gasteiger partial charge in [-0.15, -0.1) is 0 Å². The number of benzene rings is 13. The number of rotatable bonds is 6. The zero-order chi connectivity index (χ0) is 55.1. The maximum absolute atomic E-state index is 6.82. The summed E-state index contributed by atoms with van der Waals surface area (Å²) in [4.78, 5) is 2.54. The fraction of sp³-hybridized carbons (Fsp3) is 0.0370. The van der Waals surface area contributed by atoms with Crippen molar-refractivity contribution >= 4 is 17.1 Å². The summed E-state index contributed by atoms with van der Waals surface area (Å²) in [5.41, 5.74) is 25.7. The molecular formula is C81H51NO2. The zero-order valence-electron chi connectivity index (χ0n) is 45.7. The summed E-state index contributed by atoms with van der Waals surface area (Å²) in [5, 5.41) is 0. The van der Waals surface area contributed by atoms with Crippen LogP contribution in [0.1, 0.15) is 66.8 Å². The van der Waals surface area contributed by atoms with Crippen LogP contribution in [0, 0.1) is 0 Å². The Bertz CT molecular complexity index is 4730. The Morgan fingerprint density at radius 2 is 0.595 bits per heavy atom. The van der Waals surface area contributed by atoms with E-state index in [1.54, 1.807) is 0 Å². The molecule has 13 aromatic carbocycles. The lowest BCUT2D eigenvalue weighted by atomic mass is 9.66. The van der Waals surface area contributed by atoms with Gasteiger partial charge >= 0.3 is 0 Å². The first-order valence-corrected chi connectivity index (χ1v) is 29.1. The molecule has 392 valence electrons. The molecule has 0 atom stereocenters. The van der Waals surface area contributed by atoms with Gasteiger partial charge in [0.1, 0.15) is 23.0 Å². The molecule has 5 aliphatic rings.